The van der Waals surface area contributed by atoms with Crippen LogP contribution in [0.4, 0.5) is 0 Å². The number of hydrogen-bond acceptors (Lipinski definition) is 3. The molecule has 0 aliphatic heterocycles. The zero-order valence-corrected chi connectivity index (χ0v) is 7.58. The molecule has 3 heteroatoms. The first-order valence-electron chi connectivity index (χ1n) is 3.98. The van der Waals surface area contributed by atoms with Crippen molar-refractivity contribution in [3.05, 3.63) is 11.8 Å². The predicted octanol–water partition coefficient (Wildman–Crippen LogP) is 1.57. The smallest absolute Gasteiger partial charge is 0.120 e. The van der Waals surface area contributed by atoms with Gasteiger partial charge in [-0.1, -0.05) is 0 Å². The number of hydrogen-bond donors (Lipinski definition) is 2. The first kappa shape index (κ1) is 11.2. The maximum absolute atomic E-state index is 10.0. The standard InChI is InChI=1S/C9H16O3/c1-9(2,12)6-8(7-11)4-3-5-10/h5,7,11-12H,3-4,6H2,1-2H3. The van der Waals surface area contributed by atoms with Crippen molar-refractivity contribution in [1.82, 2.24) is 0 Å². The van der Waals surface area contributed by atoms with Gasteiger partial charge in [0.15, 0.2) is 0 Å². The molecule has 0 aromatic rings. The molecule has 0 aliphatic rings. The van der Waals surface area contributed by atoms with Crippen LogP contribution in [0.5, 0.6) is 0 Å². The molecule has 0 rings (SSSR count). The molecule has 0 aromatic heterocycles. The summed E-state index contributed by atoms with van der Waals surface area (Å²) in [5.74, 6) is 0. The van der Waals surface area contributed by atoms with E-state index in [-0.39, 0.29) is 0 Å². The summed E-state index contributed by atoms with van der Waals surface area (Å²) in [5, 5.41) is 18.1. The van der Waals surface area contributed by atoms with Gasteiger partial charge in [0.2, 0.25) is 0 Å². The van der Waals surface area contributed by atoms with Crippen molar-refractivity contribution in [3.8, 4) is 0 Å². The van der Waals surface area contributed by atoms with Gasteiger partial charge in [0, 0.05) is 6.42 Å². The van der Waals surface area contributed by atoms with E-state index in [4.69, 9.17) is 5.11 Å². The third-order valence-corrected chi connectivity index (χ3v) is 1.43. The van der Waals surface area contributed by atoms with Crippen LogP contribution in [0.25, 0.3) is 0 Å². The van der Waals surface area contributed by atoms with Crippen molar-refractivity contribution < 1.29 is 15.0 Å². The Hall–Kier alpha value is -0.830. The molecule has 0 amide bonds. The molecule has 0 saturated carbocycles. The van der Waals surface area contributed by atoms with E-state index in [2.05, 4.69) is 0 Å². The second-order valence-electron chi connectivity index (χ2n) is 3.48. The third kappa shape index (κ3) is 5.92. The highest BCUT2D eigenvalue weighted by Crippen LogP contribution is 2.18. The van der Waals surface area contributed by atoms with E-state index in [0.717, 1.165) is 12.5 Å². The molecule has 0 unspecified atom stereocenters. The normalized spacial score (nSPS) is 13.1. The van der Waals surface area contributed by atoms with E-state index in [1.54, 1.807) is 13.8 Å². The average Bonchev–Trinajstić information content (AvgIpc) is 1.95. The second kappa shape index (κ2) is 4.93. The molecule has 0 saturated heterocycles. The largest absolute Gasteiger partial charge is 0.516 e. The minimum atomic E-state index is -0.822. The van der Waals surface area contributed by atoms with Gasteiger partial charge in [0.05, 0.1) is 11.9 Å². The van der Waals surface area contributed by atoms with Crippen molar-refractivity contribution in [2.45, 2.75) is 38.7 Å². The van der Waals surface area contributed by atoms with Gasteiger partial charge in [-0.05, 0) is 32.3 Å². The fraction of sp³-hybridized carbons (Fsp3) is 0.667. The quantitative estimate of drug-likeness (QED) is 0.489. The van der Waals surface area contributed by atoms with Gasteiger partial charge in [-0.3, -0.25) is 0 Å². The number of rotatable bonds is 5. The number of carbonyl (C=O) groups is 1. The number of aliphatic hydroxyl groups excluding tert-OH is 1. The van der Waals surface area contributed by atoms with Crippen LogP contribution in [-0.2, 0) is 4.79 Å². The Kier molecular flexibility index (Phi) is 4.59. The monoisotopic (exact) mass is 172 g/mol. The molecule has 2 N–H and O–H groups in total. The number of carbonyl (C=O) groups excluding carboxylic acids is 1. The van der Waals surface area contributed by atoms with Crippen molar-refractivity contribution in [2.24, 2.45) is 0 Å². The second-order valence-corrected chi connectivity index (χ2v) is 3.48. The van der Waals surface area contributed by atoms with Crippen LogP contribution >= 0.6 is 0 Å². The van der Waals surface area contributed by atoms with Crippen molar-refractivity contribution in [3.63, 3.8) is 0 Å². The van der Waals surface area contributed by atoms with Gasteiger partial charge in [0.1, 0.15) is 6.29 Å². The molecule has 0 aromatic carbocycles. The maximum atomic E-state index is 10.0. The van der Waals surface area contributed by atoms with Gasteiger partial charge in [-0.2, -0.15) is 0 Å². The van der Waals surface area contributed by atoms with Gasteiger partial charge in [-0.25, -0.2) is 0 Å². The first-order valence-corrected chi connectivity index (χ1v) is 3.98. The van der Waals surface area contributed by atoms with E-state index < -0.39 is 5.60 Å². The van der Waals surface area contributed by atoms with Gasteiger partial charge in [-0.15, -0.1) is 0 Å². The highest BCUT2D eigenvalue weighted by atomic mass is 16.3. The van der Waals surface area contributed by atoms with Crippen LogP contribution in [0, 0.1) is 0 Å². The van der Waals surface area contributed by atoms with Crippen molar-refractivity contribution >= 4 is 6.29 Å². The number of aldehydes is 1. The molecule has 0 bridgehead atoms. The Morgan fingerprint density at radius 1 is 1.50 bits per heavy atom. The summed E-state index contributed by atoms with van der Waals surface area (Å²) in [5.41, 5.74) is -0.119. The fourth-order valence-electron chi connectivity index (χ4n) is 0.999. The molecule has 70 valence electrons. The first-order chi connectivity index (χ1) is 5.49. The average molecular weight is 172 g/mol. The Morgan fingerprint density at radius 2 is 2.08 bits per heavy atom. The summed E-state index contributed by atoms with van der Waals surface area (Å²) < 4.78 is 0. The van der Waals surface area contributed by atoms with Crippen LogP contribution in [0.3, 0.4) is 0 Å². The fourth-order valence-corrected chi connectivity index (χ4v) is 0.999. The lowest BCUT2D eigenvalue weighted by molar-refractivity contribution is -0.107. The molecule has 12 heavy (non-hydrogen) atoms. The Bertz CT molecular complexity index is 165. The molecule has 0 atom stereocenters. The van der Waals surface area contributed by atoms with Gasteiger partial charge in [0.25, 0.3) is 0 Å². The topological polar surface area (TPSA) is 57.5 Å². The van der Waals surface area contributed by atoms with E-state index in [1.807, 2.05) is 0 Å². The Labute approximate surface area is 72.7 Å². The van der Waals surface area contributed by atoms with Crippen molar-refractivity contribution in [2.75, 3.05) is 0 Å². The van der Waals surface area contributed by atoms with E-state index in [0.29, 0.717) is 24.8 Å². The van der Waals surface area contributed by atoms with Gasteiger partial charge < -0.3 is 15.0 Å². The van der Waals surface area contributed by atoms with Crippen molar-refractivity contribution in [1.29, 1.82) is 0 Å². The summed E-state index contributed by atoms with van der Waals surface area (Å²) in [6.07, 6.45) is 3.08. The minimum absolute atomic E-state index is 0.391. The Balaban J connectivity index is 3.93. The lowest BCUT2D eigenvalue weighted by Crippen LogP contribution is -2.19. The van der Waals surface area contributed by atoms with E-state index >= 15 is 0 Å². The van der Waals surface area contributed by atoms with E-state index in [1.165, 1.54) is 0 Å². The lowest BCUT2D eigenvalue weighted by atomic mass is 9.97. The molecule has 3 nitrogen and oxygen atoms in total. The van der Waals surface area contributed by atoms with E-state index in [9.17, 15) is 9.90 Å². The predicted molar refractivity (Wildman–Crippen MR) is 46.9 cm³/mol. The Morgan fingerprint density at radius 3 is 2.42 bits per heavy atom. The van der Waals surface area contributed by atoms with Crippen LogP contribution in [0.2, 0.25) is 0 Å². The summed E-state index contributed by atoms with van der Waals surface area (Å²) in [4.78, 5) is 10.0. The molecule has 0 radical (unpaired) electrons. The highest BCUT2D eigenvalue weighted by molar-refractivity contribution is 5.49. The van der Waals surface area contributed by atoms with Crippen LogP contribution < -0.4 is 0 Å². The molecule has 0 fully saturated rings. The summed E-state index contributed by atoms with van der Waals surface area (Å²) in [6, 6.07) is 0. The molecule has 0 spiro atoms. The lowest BCUT2D eigenvalue weighted by Gasteiger charge is -2.17. The summed E-state index contributed by atoms with van der Waals surface area (Å²) in [6.45, 7) is 3.33. The van der Waals surface area contributed by atoms with Crippen LogP contribution in [0.1, 0.15) is 33.1 Å². The number of aliphatic hydroxyl groups is 2. The molecular weight excluding hydrogens is 156 g/mol. The molecule has 0 aliphatic carbocycles. The zero-order valence-electron chi connectivity index (χ0n) is 7.58. The van der Waals surface area contributed by atoms with Gasteiger partial charge >= 0.3 is 0 Å². The minimum Gasteiger partial charge on any atom is -0.516 e. The maximum Gasteiger partial charge on any atom is 0.120 e. The van der Waals surface area contributed by atoms with Crippen LogP contribution in [-0.4, -0.2) is 22.1 Å². The third-order valence-electron chi connectivity index (χ3n) is 1.43. The zero-order chi connectivity index (χ0) is 9.61. The molecular formula is C9H16O3. The van der Waals surface area contributed by atoms with Crippen LogP contribution in [0.15, 0.2) is 11.8 Å². The highest BCUT2D eigenvalue weighted by Gasteiger charge is 2.14. The summed E-state index contributed by atoms with van der Waals surface area (Å²) in [7, 11) is 0. The molecule has 0 heterocycles. The SMILES string of the molecule is CC(C)(O)CC(=CO)CCC=O. The summed E-state index contributed by atoms with van der Waals surface area (Å²) >= 11 is 0.